The number of benzene rings is 4. The Morgan fingerprint density at radius 2 is 1.49 bits per heavy atom. The first-order valence-electron chi connectivity index (χ1n) is 14.9. The van der Waals surface area contributed by atoms with Crippen LogP contribution in [0.2, 0.25) is 5.02 Å². The standard InChI is InChI=1S/C35H35ClF3N3O4S/c1-3-20-40-34(44)32(21-26-10-6-4-7-11-26)41(23-27-16-14-25(2)15-17-27)33(43)24-42(47(45,46)29-12-8-5-9-13-29)31-22-28(35(37,38)39)18-19-30(31)36/h4-19,22,32H,3,20-21,23-24H2,1-2H3,(H,40,44)/t32-/m0/s1. The minimum Gasteiger partial charge on any atom is -0.354 e. The molecule has 1 N–H and O–H groups in total. The van der Waals surface area contributed by atoms with E-state index in [0.29, 0.717) is 28.9 Å². The number of anilines is 1. The topological polar surface area (TPSA) is 86.8 Å². The molecule has 0 aliphatic rings. The summed E-state index contributed by atoms with van der Waals surface area (Å²) in [5.41, 5.74) is 0.715. The number of nitrogens with one attached hydrogen (secondary N) is 1. The van der Waals surface area contributed by atoms with Gasteiger partial charge in [-0.25, -0.2) is 8.42 Å². The van der Waals surface area contributed by atoms with Crippen molar-refractivity contribution in [1.82, 2.24) is 10.2 Å². The number of halogens is 4. The fourth-order valence-electron chi connectivity index (χ4n) is 4.92. The van der Waals surface area contributed by atoms with E-state index >= 15 is 0 Å². The van der Waals surface area contributed by atoms with Gasteiger partial charge in [-0.3, -0.25) is 13.9 Å². The van der Waals surface area contributed by atoms with E-state index in [-0.39, 0.29) is 22.9 Å². The van der Waals surface area contributed by atoms with Crippen molar-refractivity contribution in [2.24, 2.45) is 0 Å². The van der Waals surface area contributed by atoms with Crippen LogP contribution in [-0.2, 0) is 38.8 Å². The van der Waals surface area contributed by atoms with Crippen molar-refractivity contribution in [3.8, 4) is 0 Å². The summed E-state index contributed by atoms with van der Waals surface area (Å²) in [6.45, 7) is 3.11. The first kappa shape index (κ1) is 35.5. The largest absolute Gasteiger partial charge is 0.416 e. The molecule has 7 nitrogen and oxygen atoms in total. The molecule has 0 saturated carbocycles. The second kappa shape index (κ2) is 15.5. The Bertz CT molecular complexity index is 1770. The average molecular weight is 686 g/mol. The molecule has 0 fully saturated rings. The van der Waals surface area contributed by atoms with Gasteiger partial charge in [-0.2, -0.15) is 13.2 Å². The first-order valence-corrected chi connectivity index (χ1v) is 16.7. The van der Waals surface area contributed by atoms with Crippen molar-refractivity contribution >= 4 is 39.1 Å². The average Bonchev–Trinajstić information content (AvgIpc) is 3.05. The zero-order valence-electron chi connectivity index (χ0n) is 25.9. The summed E-state index contributed by atoms with van der Waals surface area (Å²) in [6.07, 6.45) is -4.09. The highest BCUT2D eigenvalue weighted by Gasteiger charge is 2.37. The molecule has 47 heavy (non-hydrogen) atoms. The zero-order chi connectivity index (χ0) is 34.2. The fraction of sp³-hybridized carbons (Fsp3) is 0.257. The van der Waals surface area contributed by atoms with Gasteiger partial charge < -0.3 is 10.2 Å². The normalized spacial score (nSPS) is 12.3. The predicted molar refractivity (Wildman–Crippen MR) is 176 cm³/mol. The van der Waals surface area contributed by atoms with Crippen LogP contribution in [0.25, 0.3) is 0 Å². The van der Waals surface area contributed by atoms with Crippen LogP contribution in [0.4, 0.5) is 18.9 Å². The van der Waals surface area contributed by atoms with E-state index in [1.54, 1.807) is 30.3 Å². The SMILES string of the molecule is CCCNC(=O)[C@H](Cc1ccccc1)N(Cc1ccc(C)cc1)C(=O)CN(c1cc(C(F)(F)F)ccc1Cl)S(=O)(=O)c1ccccc1. The number of alkyl halides is 3. The summed E-state index contributed by atoms with van der Waals surface area (Å²) in [5, 5.41) is 2.54. The Morgan fingerprint density at radius 1 is 0.872 bits per heavy atom. The number of hydrogen-bond donors (Lipinski definition) is 1. The van der Waals surface area contributed by atoms with Gasteiger partial charge in [0.15, 0.2) is 0 Å². The number of nitrogens with zero attached hydrogens (tertiary/aromatic N) is 2. The number of aryl methyl sites for hydroxylation is 1. The zero-order valence-corrected chi connectivity index (χ0v) is 27.4. The number of carbonyl (C=O) groups is 2. The van der Waals surface area contributed by atoms with Gasteiger partial charge in [0, 0.05) is 19.5 Å². The van der Waals surface area contributed by atoms with Gasteiger partial charge in [0.25, 0.3) is 10.0 Å². The lowest BCUT2D eigenvalue weighted by molar-refractivity contribution is -0.140. The monoisotopic (exact) mass is 685 g/mol. The maximum Gasteiger partial charge on any atom is 0.416 e. The third-order valence-corrected chi connectivity index (χ3v) is 9.54. The summed E-state index contributed by atoms with van der Waals surface area (Å²) in [7, 11) is -4.63. The van der Waals surface area contributed by atoms with Gasteiger partial charge in [-0.15, -0.1) is 0 Å². The van der Waals surface area contributed by atoms with Crippen LogP contribution in [0, 0.1) is 6.92 Å². The van der Waals surface area contributed by atoms with Crippen molar-refractivity contribution < 1.29 is 31.2 Å². The minimum absolute atomic E-state index is 0.0777. The molecule has 2 amide bonds. The maximum absolute atomic E-state index is 14.5. The van der Waals surface area contributed by atoms with E-state index in [0.717, 1.165) is 23.3 Å². The third-order valence-electron chi connectivity index (χ3n) is 7.45. The number of rotatable bonds is 13. The highest BCUT2D eigenvalue weighted by molar-refractivity contribution is 7.92. The van der Waals surface area contributed by atoms with Crippen molar-refractivity contribution in [2.75, 3.05) is 17.4 Å². The number of sulfonamides is 1. The maximum atomic E-state index is 14.5. The molecule has 0 unspecified atom stereocenters. The lowest BCUT2D eigenvalue weighted by atomic mass is 10.0. The number of amides is 2. The molecule has 0 heterocycles. The summed E-state index contributed by atoms with van der Waals surface area (Å²) < 4.78 is 70.2. The smallest absolute Gasteiger partial charge is 0.354 e. The van der Waals surface area contributed by atoms with Crippen LogP contribution in [0.1, 0.15) is 35.6 Å². The molecule has 0 aliphatic carbocycles. The summed E-state index contributed by atoms with van der Waals surface area (Å²) in [6, 6.07) is 24.5. The lowest BCUT2D eigenvalue weighted by Crippen LogP contribution is -2.53. The van der Waals surface area contributed by atoms with Gasteiger partial charge in [-0.05, 0) is 54.8 Å². The van der Waals surface area contributed by atoms with Crippen molar-refractivity contribution in [2.45, 2.75) is 50.3 Å². The van der Waals surface area contributed by atoms with Crippen LogP contribution in [-0.4, -0.2) is 44.3 Å². The molecule has 4 aromatic rings. The first-order chi connectivity index (χ1) is 22.3. The molecule has 4 rings (SSSR count). The van der Waals surface area contributed by atoms with E-state index < -0.39 is 51.9 Å². The molecular weight excluding hydrogens is 651 g/mol. The Morgan fingerprint density at radius 3 is 2.09 bits per heavy atom. The van der Waals surface area contributed by atoms with E-state index in [9.17, 15) is 31.2 Å². The Labute approximate surface area is 278 Å². The predicted octanol–water partition coefficient (Wildman–Crippen LogP) is 7.03. The van der Waals surface area contributed by atoms with Crippen LogP contribution < -0.4 is 9.62 Å². The van der Waals surface area contributed by atoms with Gasteiger partial charge in [0.05, 0.1) is 21.2 Å². The Hall–Kier alpha value is -4.35. The molecule has 1 atom stereocenters. The molecule has 0 bridgehead atoms. The molecule has 0 aliphatic heterocycles. The summed E-state index contributed by atoms with van der Waals surface area (Å²) in [5.74, 6) is -1.27. The molecule has 0 saturated heterocycles. The molecule has 0 aromatic heterocycles. The van der Waals surface area contributed by atoms with Gasteiger partial charge in [0.1, 0.15) is 12.6 Å². The van der Waals surface area contributed by atoms with E-state index in [2.05, 4.69) is 5.32 Å². The van der Waals surface area contributed by atoms with Crippen LogP contribution >= 0.6 is 11.6 Å². The lowest BCUT2D eigenvalue weighted by Gasteiger charge is -2.34. The third kappa shape index (κ3) is 9.14. The number of hydrogen-bond acceptors (Lipinski definition) is 4. The van der Waals surface area contributed by atoms with Crippen molar-refractivity contribution in [3.05, 3.63) is 130 Å². The highest BCUT2D eigenvalue weighted by atomic mass is 35.5. The number of carbonyl (C=O) groups excluding carboxylic acids is 2. The molecular formula is C35H35ClF3N3O4S. The summed E-state index contributed by atoms with van der Waals surface area (Å²) in [4.78, 5) is 29.2. The van der Waals surface area contributed by atoms with Crippen molar-refractivity contribution in [3.63, 3.8) is 0 Å². The van der Waals surface area contributed by atoms with Crippen LogP contribution in [0.3, 0.4) is 0 Å². The molecule has 0 spiro atoms. The quantitative estimate of drug-likeness (QED) is 0.164. The Kier molecular flexibility index (Phi) is 11.7. The van der Waals surface area contributed by atoms with E-state index in [1.807, 2.05) is 44.2 Å². The molecule has 248 valence electrons. The van der Waals surface area contributed by atoms with E-state index in [1.165, 1.54) is 29.2 Å². The molecule has 12 heteroatoms. The second-order valence-electron chi connectivity index (χ2n) is 11.0. The van der Waals surface area contributed by atoms with E-state index in [4.69, 9.17) is 11.6 Å². The fourth-order valence-corrected chi connectivity index (χ4v) is 6.64. The van der Waals surface area contributed by atoms with Gasteiger partial charge in [0.2, 0.25) is 11.8 Å². The molecule has 0 radical (unpaired) electrons. The van der Waals surface area contributed by atoms with Gasteiger partial charge in [-0.1, -0.05) is 96.9 Å². The van der Waals surface area contributed by atoms with Crippen LogP contribution in [0.15, 0.2) is 108 Å². The Balaban J connectivity index is 1.86. The summed E-state index contributed by atoms with van der Waals surface area (Å²) >= 11 is 6.36. The van der Waals surface area contributed by atoms with Crippen LogP contribution in [0.5, 0.6) is 0 Å². The second-order valence-corrected chi connectivity index (χ2v) is 13.3. The minimum atomic E-state index is -4.82. The van der Waals surface area contributed by atoms with Gasteiger partial charge >= 0.3 is 6.18 Å². The molecule has 4 aromatic carbocycles. The van der Waals surface area contributed by atoms with Crippen molar-refractivity contribution in [1.29, 1.82) is 0 Å². The highest BCUT2D eigenvalue weighted by Crippen LogP contribution is 2.37.